The lowest BCUT2D eigenvalue weighted by molar-refractivity contribution is -0.129. The summed E-state index contributed by atoms with van der Waals surface area (Å²) in [7, 11) is 0. The van der Waals surface area contributed by atoms with E-state index in [9.17, 15) is 9.59 Å². The summed E-state index contributed by atoms with van der Waals surface area (Å²) in [5.41, 5.74) is 6.15. The first kappa shape index (κ1) is 33.3. The molecule has 3 heteroatoms. The average Bonchev–Trinajstić information content (AvgIpc) is 2.84. The minimum absolute atomic E-state index is 0.0794. The third-order valence-corrected chi connectivity index (χ3v) is 7.47. The second-order valence-electron chi connectivity index (χ2n) is 10.8. The quantitative estimate of drug-likeness (QED) is 0.119. The minimum atomic E-state index is -0.608. The summed E-state index contributed by atoms with van der Waals surface area (Å²) >= 11 is 0. The molecule has 0 radical (unpaired) electrons. The maximum absolute atomic E-state index is 12.5. The molecule has 2 unspecified atom stereocenters. The van der Waals surface area contributed by atoms with Crippen molar-refractivity contribution in [3.8, 4) is 0 Å². The molecule has 0 bridgehead atoms. The van der Waals surface area contributed by atoms with E-state index in [2.05, 4.69) is 13.8 Å². The van der Waals surface area contributed by atoms with Gasteiger partial charge in [-0.25, -0.2) is 0 Å². The fraction of sp³-hybridized carbons (Fsp3) is 0.935. The summed E-state index contributed by atoms with van der Waals surface area (Å²) in [6, 6.07) is -0.608. The molecule has 2 N–H and O–H groups in total. The highest BCUT2D eigenvalue weighted by Crippen LogP contribution is 2.16. The van der Waals surface area contributed by atoms with Gasteiger partial charge in [-0.3, -0.25) is 9.59 Å². The Kier molecular flexibility index (Phi) is 24.9. The van der Waals surface area contributed by atoms with E-state index < -0.39 is 6.04 Å². The Morgan fingerprint density at radius 3 is 1.06 bits per heavy atom. The van der Waals surface area contributed by atoms with Crippen molar-refractivity contribution in [3.05, 3.63) is 0 Å². The molecule has 0 heterocycles. The van der Waals surface area contributed by atoms with Crippen LogP contribution in [-0.4, -0.2) is 17.6 Å². The van der Waals surface area contributed by atoms with Crippen LogP contribution in [0, 0.1) is 5.92 Å². The second-order valence-corrected chi connectivity index (χ2v) is 10.8. The Labute approximate surface area is 213 Å². The molecule has 0 fully saturated rings. The highest BCUT2D eigenvalue weighted by atomic mass is 16.1. The van der Waals surface area contributed by atoms with Crippen LogP contribution in [0.25, 0.3) is 0 Å². The maximum Gasteiger partial charge on any atom is 0.150 e. The van der Waals surface area contributed by atoms with Gasteiger partial charge in [-0.05, 0) is 12.8 Å². The van der Waals surface area contributed by atoms with E-state index in [1.54, 1.807) is 0 Å². The lowest BCUT2D eigenvalue weighted by atomic mass is 9.89. The van der Waals surface area contributed by atoms with Crippen molar-refractivity contribution in [3.63, 3.8) is 0 Å². The largest absolute Gasteiger partial charge is 0.321 e. The Balaban J connectivity index is 3.63. The number of unbranched alkanes of at least 4 members (excludes halogenated alkanes) is 20. The van der Waals surface area contributed by atoms with Gasteiger partial charge in [0.1, 0.15) is 11.6 Å². The summed E-state index contributed by atoms with van der Waals surface area (Å²) in [5.74, 6) is -0.0743. The number of Topliss-reactive ketones (excluding diaryl/α,β-unsaturated/α-hetero) is 2. The summed E-state index contributed by atoms with van der Waals surface area (Å²) < 4.78 is 0. The predicted octanol–water partition coefficient (Wildman–Crippen LogP) is 9.49. The van der Waals surface area contributed by atoms with Gasteiger partial charge >= 0.3 is 0 Å². The van der Waals surface area contributed by atoms with Crippen LogP contribution in [0.1, 0.15) is 175 Å². The topological polar surface area (TPSA) is 60.2 Å². The van der Waals surface area contributed by atoms with Gasteiger partial charge < -0.3 is 5.73 Å². The van der Waals surface area contributed by atoms with Crippen LogP contribution in [-0.2, 0) is 9.59 Å². The number of hydrogen-bond acceptors (Lipinski definition) is 3. The van der Waals surface area contributed by atoms with E-state index in [4.69, 9.17) is 5.73 Å². The molecule has 2 atom stereocenters. The fourth-order valence-corrected chi connectivity index (χ4v) is 4.80. The van der Waals surface area contributed by atoms with Crippen LogP contribution >= 0.6 is 0 Å². The number of nitrogens with two attached hydrogens (primary N) is 1. The Bertz CT molecular complexity index is 420. The first-order valence-corrected chi connectivity index (χ1v) is 15.4. The van der Waals surface area contributed by atoms with Crippen molar-refractivity contribution < 1.29 is 9.59 Å². The predicted molar refractivity (Wildman–Crippen MR) is 149 cm³/mol. The van der Waals surface area contributed by atoms with Crippen molar-refractivity contribution in [1.82, 2.24) is 0 Å². The Hall–Kier alpha value is -0.700. The molecule has 202 valence electrons. The molecule has 0 aliphatic rings. The second kappa shape index (κ2) is 25.4. The van der Waals surface area contributed by atoms with Crippen LogP contribution in [0.5, 0.6) is 0 Å². The third kappa shape index (κ3) is 20.7. The van der Waals surface area contributed by atoms with Gasteiger partial charge in [0.2, 0.25) is 0 Å². The smallest absolute Gasteiger partial charge is 0.150 e. The molecule has 0 aliphatic heterocycles. The van der Waals surface area contributed by atoms with Crippen LogP contribution in [0.3, 0.4) is 0 Å². The van der Waals surface area contributed by atoms with Gasteiger partial charge in [0.05, 0.1) is 6.04 Å². The summed E-state index contributed by atoms with van der Waals surface area (Å²) in [6.45, 7) is 6.37. The van der Waals surface area contributed by atoms with Crippen molar-refractivity contribution in [2.45, 2.75) is 181 Å². The van der Waals surface area contributed by atoms with Crippen LogP contribution in [0.15, 0.2) is 0 Å². The number of carbonyl (C=O) groups is 2. The fourth-order valence-electron chi connectivity index (χ4n) is 4.80. The molecular weight excluding hydrogens is 418 g/mol. The molecule has 34 heavy (non-hydrogen) atoms. The molecule has 0 aromatic rings. The van der Waals surface area contributed by atoms with Gasteiger partial charge in [-0.1, -0.05) is 149 Å². The Morgan fingerprint density at radius 1 is 0.471 bits per heavy atom. The summed E-state index contributed by atoms with van der Waals surface area (Å²) in [4.78, 5) is 24.9. The zero-order chi connectivity index (χ0) is 25.3. The number of ketones is 2. The number of rotatable bonds is 27. The van der Waals surface area contributed by atoms with Crippen LogP contribution in [0.2, 0.25) is 0 Å². The van der Waals surface area contributed by atoms with E-state index in [1.807, 2.05) is 6.92 Å². The Morgan fingerprint density at radius 2 is 0.735 bits per heavy atom. The number of carbonyl (C=O) groups excluding carboxylic acids is 2. The molecule has 0 saturated heterocycles. The lowest BCUT2D eigenvalue weighted by Crippen LogP contribution is -2.40. The molecule has 0 amide bonds. The molecule has 0 rings (SSSR count). The number of hydrogen-bond donors (Lipinski definition) is 1. The average molecular weight is 480 g/mol. The zero-order valence-electron chi connectivity index (χ0n) is 23.5. The van der Waals surface area contributed by atoms with Crippen LogP contribution < -0.4 is 5.73 Å². The van der Waals surface area contributed by atoms with Gasteiger partial charge in [0, 0.05) is 18.8 Å². The molecule has 0 aromatic carbocycles. The first-order valence-electron chi connectivity index (χ1n) is 15.4. The summed E-state index contributed by atoms with van der Waals surface area (Å²) in [5, 5.41) is 0. The third-order valence-electron chi connectivity index (χ3n) is 7.47. The minimum Gasteiger partial charge on any atom is -0.321 e. The van der Waals surface area contributed by atoms with Gasteiger partial charge in [0.25, 0.3) is 0 Å². The highest BCUT2D eigenvalue weighted by molar-refractivity contribution is 5.91. The van der Waals surface area contributed by atoms with Crippen molar-refractivity contribution in [2.75, 3.05) is 0 Å². The zero-order valence-corrected chi connectivity index (χ0v) is 23.5. The van der Waals surface area contributed by atoms with E-state index in [0.717, 1.165) is 25.7 Å². The molecule has 3 nitrogen and oxygen atoms in total. The van der Waals surface area contributed by atoms with E-state index >= 15 is 0 Å². The first-order chi connectivity index (χ1) is 16.5. The van der Waals surface area contributed by atoms with Crippen molar-refractivity contribution in [2.24, 2.45) is 11.7 Å². The SMILES string of the molecule is CCCCCCCCCCCCCC(=O)C(C)C(N)C(=O)CCCCCCCCCCCCC. The summed E-state index contributed by atoms with van der Waals surface area (Å²) in [6.07, 6.45) is 29.3. The van der Waals surface area contributed by atoms with Crippen molar-refractivity contribution in [1.29, 1.82) is 0 Å². The van der Waals surface area contributed by atoms with E-state index in [-0.39, 0.29) is 17.5 Å². The molecule has 0 spiro atoms. The highest BCUT2D eigenvalue weighted by Gasteiger charge is 2.25. The normalized spacial score (nSPS) is 13.2. The van der Waals surface area contributed by atoms with Crippen molar-refractivity contribution >= 4 is 11.6 Å². The van der Waals surface area contributed by atoms with Gasteiger partial charge in [-0.15, -0.1) is 0 Å². The maximum atomic E-state index is 12.5. The molecule has 0 aromatic heterocycles. The lowest BCUT2D eigenvalue weighted by Gasteiger charge is -2.17. The monoisotopic (exact) mass is 479 g/mol. The van der Waals surface area contributed by atoms with Gasteiger partial charge in [0.15, 0.2) is 0 Å². The molecular formula is C31H61NO2. The molecule has 0 aliphatic carbocycles. The standard InChI is InChI=1S/C31H61NO2/c1-4-6-8-10-12-14-16-18-20-22-24-26-29(33)28(3)31(32)30(34)27-25-23-21-19-17-15-13-11-9-7-5-2/h28,31H,4-27,32H2,1-3H3. The molecule has 0 saturated carbocycles. The van der Waals surface area contributed by atoms with E-state index in [0.29, 0.717) is 12.8 Å². The van der Waals surface area contributed by atoms with Gasteiger partial charge in [-0.2, -0.15) is 0 Å². The van der Waals surface area contributed by atoms with E-state index in [1.165, 1.54) is 116 Å². The van der Waals surface area contributed by atoms with Crippen LogP contribution in [0.4, 0.5) is 0 Å².